The third-order valence-electron chi connectivity index (χ3n) is 4.54. The van der Waals surface area contributed by atoms with E-state index < -0.39 is 0 Å². The summed E-state index contributed by atoms with van der Waals surface area (Å²) in [4.78, 5) is 29.4. The van der Waals surface area contributed by atoms with Crippen molar-refractivity contribution < 1.29 is 19.2 Å². The molecule has 0 radical (unpaired) electrons. The molecule has 2 aromatic rings. The van der Waals surface area contributed by atoms with Crippen LogP contribution < -0.4 is 10.2 Å². The summed E-state index contributed by atoms with van der Waals surface area (Å²) >= 11 is 1.63. The van der Waals surface area contributed by atoms with E-state index in [1.165, 1.54) is 4.90 Å². The highest BCUT2D eigenvalue weighted by Gasteiger charge is 2.26. The summed E-state index contributed by atoms with van der Waals surface area (Å²) in [5.41, 5.74) is 0.825. The van der Waals surface area contributed by atoms with E-state index in [0.29, 0.717) is 26.2 Å². The number of hydrogen-bond acceptors (Lipinski definition) is 4. The maximum atomic E-state index is 12.6. The van der Waals surface area contributed by atoms with E-state index >= 15 is 0 Å². The van der Waals surface area contributed by atoms with Crippen LogP contribution in [0.2, 0.25) is 0 Å². The van der Waals surface area contributed by atoms with Crippen LogP contribution in [0, 0.1) is 0 Å². The third kappa shape index (κ3) is 5.74. The number of ether oxygens (including phenoxy) is 1. The zero-order valence-electron chi connectivity index (χ0n) is 16.0. The lowest BCUT2D eigenvalue weighted by molar-refractivity contribution is -0.895. The zero-order chi connectivity index (χ0) is 19.8. The summed E-state index contributed by atoms with van der Waals surface area (Å²) in [6, 6.07) is 17.9. The van der Waals surface area contributed by atoms with Crippen LogP contribution in [0.3, 0.4) is 0 Å². The quantitative estimate of drug-likeness (QED) is 0.780. The molecule has 0 spiro atoms. The molecule has 2 amide bonds. The third-order valence-corrected chi connectivity index (χ3v) is 5.62. The Morgan fingerprint density at radius 2 is 1.75 bits per heavy atom. The Morgan fingerprint density at radius 1 is 1.07 bits per heavy atom. The van der Waals surface area contributed by atoms with Crippen LogP contribution >= 0.6 is 11.8 Å². The fraction of sp³-hybridized carbons (Fsp3) is 0.333. The lowest BCUT2D eigenvalue weighted by Gasteiger charge is -2.31. The molecule has 0 unspecified atom stereocenters. The molecular formula is C21H26N3O3S+. The van der Waals surface area contributed by atoms with Gasteiger partial charge in [0.15, 0.2) is 6.54 Å². The van der Waals surface area contributed by atoms with Gasteiger partial charge in [0.25, 0.3) is 5.91 Å². The van der Waals surface area contributed by atoms with E-state index in [4.69, 9.17) is 4.74 Å². The minimum atomic E-state index is -0.266. The van der Waals surface area contributed by atoms with Crippen LogP contribution in [0.4, 0.5) is 10.5 Å². The molecule has 0 aromatic heterocycles. The summed E-state index contributed by atoms with van der Waals surface area (Å²) in [5.74, 6) is -0.0132. The average Bonchev–Trinajstić information content (AvgIpc) is 2.71. The van der Waals surface area contributed by atoms with Crippen LogP contribution in [0.15, 0.2) is 64.4 Å². The van der Waals surface area contributed by atoms with Crippen molar-refractivity contribution in [1.82, 2.24) is 4.90 Å². The number of carbonyl (C=O) groups is 2. The molecule has 1 heterocycles. The van der Waals surface area contributed by atoms with Crippen molar-refractivity contribution in [2.75, 3.05) is 44.6 Å². The van der Waals surface area contributed by atoms with Gasteiger partial charge in [0.2, 0.25) is 0 Å². The number of nitrogens with one attached hydrogen (secondary N) is 2. The van der Waals surface area contributed by atoms with E-state index in [9.17, 15) is 9.59 Å². The van der Waals surface area contributed by atoms with Gasteiger partial charge in [-0.2, -0.15) is 0 Å². The second-order valence-electron chi connectivity index (χ2n) is 6.57. The molecule has 2 aromatic carbocycles. The fourth-order valence-electron chi connectivity index (χ4n) is 3.09. The summed E-state index contributed by atoms with van der Waals surface area (Å²) in [5, 5.41) is 3.05. The molecule has 2 N–H and O–H groups in total. The maximum Gasteiger partial charge on any atom is 0.410 e. The van der Waals surface area contributed by atoms with E-state index in [1.54, 1.807) is 23.6 Å². The molecule has 1 fully saturated rings. The van der Waals surface area contributed by atoms with Crippen molar-refractivity contribution in [1.29, 1.82) is 0 Å². The molecule has 28 heavy (non-hydrogen) atoms. The Balaban J connectivity index is 1.52. The molecule has 148 valence electrons. The Morgan fingerprint density at radius 3 is 2.46 bits per heavy atom. The maximum absolute atomic E-state index is 12.6. The van der Waals surface area contributed by atoms with Crippen molar-refractivity contribution in [3.63, 3.8) is 0 Å². The topological polar surface area (TPSA) is 63.1 Å². The first-order valence-corrected chi connectivity index (χ1v) is 10.3. The van der Waals surface area contributed by atoms with Crippen LogP contribution in [-0.4, -0.2) is 56.2 Å². The van der Waals surface area contributed by atoms with E-state index in [1.807, 2.05) is 42.5 Å². The monoisotopic (exact) mass is 400 g/mol. The first-order chi connectivity index (χ1) is 13.7. The Kier molecular flexibility index (Phi) is 7.33. The molecule has 0 atom stereocenters. The van der Waals surface area contributed by atoms with E-state index in [2.05, 4.69) is 17.4 Å². The van der Waals surface area contributed by atoms with Gasteiger partial charge in [-0.25, -0.2) is 4.79 Å². The molecule has 7 heteroatoms. The van der Waals surface area contributed by atoms with Gasteiger partial charge in [-0.1, -0.05) is 42.1 Å². The smallest absolute Gasteiger partial charge is 0.410 e. The standard InChI is InChI=1S/C21H25N3O3S/c1-2-27-21(26)24-14-12-23(13-15-24)16-20(25)22-18-10-6-7-11-19(18)28-17-8-4-3-5-9-17/h3-11H,2,12-16H2,1H3,(H,22,25)/p+1. The summed E-state index contributed by atoms with van der Waals surface area (Å²) in [7, 11) is 0. The van der Waals surface area contributed by atoms with Gasteiger partial charge in [-0.15, -0.1) is 0 Å². The average molecular weight is 401 g/mol. The fourth-order valence-corrected chi connectivity index (χ4v) is 4.02. The van der Waals surface area contributed by atoms with Gasteiger partial charge >= 0.3 is 6.09 Å². The van der Waals surface area contributed by atoms with Crippen molar-refractivity contribution in [3.05, 3.63) is 54.6 Å². The predicted molar refractivity (Wildman–Crippen MR) is 110 cm³/mol. The number of carbonyl (C=O) groups excluding carboxylic acids is 2. The Bertz CT molecular complexity index is 792. The highest BCUT2D eigenvalue weighted by atomic mass is 32.2. The summed E-state index contributed by atoms with van der Waals surface area (Å²) < 4.78 is 5.03. The SMILES string of the molecule is CCOC(=O)N1CC[NH+](CC(=O)Nc2ccccc2Sc2ccccc2)CC1. The van der Waals surface area contributed by atoms with Gasteiger partial charge in [0.05, 0.1) is 38.5 Å². The van der Waals surface area contributed by atoms with Crippen molar-refractivity contribution in [2.45, 2.75) is 16.7 Å². The molecule has 0 saturated carbocycles. The number of para-hydroxylation sites is 1. The summed E-state index contributed by atoms with van der Waals surface area (Å²) in [6.07, 6.45) is -0.266. The minimum absolute atomic E-state index is 0.0132. The number of quaternary nitrogens is 1. The van der Waals surface area contributed by atoms with Gasteiger partial charge < -0.3 is 15.0 Å². The molecule has 0 bridgehead atoms. The molecule has 1 aliphatic heterocycles. The van der Waals surface area contributed by atoms with Crippen LogP contribution in [0.5, 0.6) is 0 Å². The van der Waals surface area contributed by atoms with E-state index in [-0.39, 0.29) is 12.0 Å². The molecule has 1 aliphatic rings. The molecule has 3 rings (SSSR count). The number of piperazine rings is 1. The van der Waals surface area contributed by atoms with Gasteiger partial charge in [-0.3, -0.25) is 9.69 Å². The largest absolute Gasteiger partial charge is 0.450 e. The molecular weight excluding hydrogens is 374 g/mol. The predicted octanol–water partition coefficient (Wildman–Crippen LogP) is 2.13. The molecule has 6 nitrogen and oxygen atoms in total. The number of amides is 2. The highest BCUT2D eigenvalue weighted by molar-refractivity contribution is 7.99. The zero-order valence-corrected chi connectivity index (χ0v) is 16.8. The Hall–Kier alpha value is -2.51. The van der Waals surface area contributed by atoms with Gasteiger partial charge in [0.1, 0.15) is 0 Å². The number of rotatable bonds is 6. The molecule has 0 aliphatic carbocycles. The van der Waals surface area contributed by atoms with Crippen LogP contribution in [-0.2, 0) is 9.53 Å². The normalized spacial score (nSPS) is 14.5. The Labute approximate surface area is 169 Å². The second kappa shape index (κ2) is 10.1. The highest BCUT2D eigenvalue weighted by Crippen LogP contribution is 2.32. The number of benzene rings is 2. The summed E-state index contributed by atoms with van der Waals surface area (Å²) in [6.45, 7) is 5.29. The number of hydrogen-bond donors (Lipinski definition) is 2. The van der Waals surface area contributed by atoms with Crippen molar-refractivity contribution in [3.8, 4) is 0 Å². The number of anilines is 1. The first kappa shape index (κ1) is 20.2. The van der Waals surface area contributed by atoms with Crippen molar-refractivity contribution >= 4 is 29.4 Å². The van der Waals surface area contributed by atoms with Crippen LogP contribution in [0.1, 0.15) is 6.92 Å². The first-order valence-electron chi connectivity index (χ1n) is 9.52. The van der Waals surface area contributed by atoms with Crippen molar-refractivity contribution in [2.24, 2.45) is 0 Å². The molecule has 1 saturated heterocycles. The lowest BCUT2D eigenvalue weighted by Crippen LogP contribution is -3.15. The van der Waals surface area contributed by atoms with Gasteiger partial charge in [-0.05, 0) is 31.2 Å². The van der Waals surface area contributed by atoms with E-state index in [0.717, 1.165) is 28.6 Å². The van der Waals surface area contributed by atoms with Gasteiger partial charge in [0, 0.05) is 9.79 Å². The lowest BCUT2D eigenvalue weighted by atomic mass is 10.3. The number of nitrogens with zero attached hydrogens (tertiary/aromatic N) is 1. The second-order valence-corrected chi connectivity index (χ2v) is 7.69. The minimum Gasteiger partial charge on any atom is -0.450 e. The van der Waals surface area contributed by atoms with Crippen LogP contribution in [0.25, 0.3) is 0 Å².